The molecule has 0 fully saturated rings. The molecule has 2 rings (SSSR count). The summed E-state index contributed by atoms with van der Waals surface area (Å²) in [4.78, 5) is 3.28. The molecule has 1 heteroatoms. The Morgan fingerprint density at radius 2 is 1.64 bits per heavy atom. The summed E-state index contributed by atoms with van der Waals surface area (Å²) >= 11 is 0. The van der Waals surface area contributed by atoms with Crippen molar-refractivity contribution in [1.82, 2.24) is 4.98 Å². The van der Waals surface area contributed by atoms with E-state index in [-0.39, 0.29) is 5.41 Å². The van der Waals surface area contributed by atoms with Crippen LogP contribution in [0.3, 0.4) is 0 Å². The van der Waals surface area contributed by atoms with Crippen molar-refractivity contribution in [2.75, 3.05) is 0 Å². The Morgan fingerprint density at radius 1 is 0.929 bits per heavy atom. The van der Waals surface area contributed by atoms with Crippen LogP contribution < -0.4 is 0 Å². The topological polar surface area (TPSA) is 15.8 Å². The summed E-state index contributed by atoms with van der Waals surface area (Å²) in [5, 5.41) is 0. The fourth-order valence-corrected chi connectivity index (χ4v) is 1.73. The molecule has 0 spiro atoms. The van der Waals surface area contributed by atoms with E-state index in [1.54, 1.807) is 0 Å². The second-order valence-corrected chi connectivity index (χ2v) is 4.07. The van der Waals surface area contributed by atoms with Gasteiger partial charge in [-0.05, 0) is 17.7 Å². The Labute approximate surface area is 84.8 Å². The zero-order chi connectivity index (χ0) is 10.0. The van der Waals surface area contributed by atoms with E-state index in [9.17, 15) is 0 Å². The van der Waals surface area contributed by atoms with Gasteiger partial charge in [-0.15, -0.1) is 0 Å². The van der Waals surface area contributed by atoms with Gasteiger partial charge in [0, 0.05) is 17.3 Å². The molecule has 0 aliphatic rings. The van der Waals surface area contributed by atoms with Crippen molar-refractivity contribution >= 4 is 0 Å². The van der Waals surface area contributed by atoms with Crippen LogP contribution in [0.4, 0.5) is 0 Å². The lowest BCUT2D eigenvalue weighted by molar-refractivity contribution is 0.621. The van der Waals surface area contributed by atoms with Crippen LogP contribution in [0, 0.1) is 0 Å². The first-order valence-corrected chi connectivity index (χ1v) is 4.90. The zero-order valence-electron chi connectivity index (χ0n) is 8.62. The summed E-state index contributed by atoms with van der Waals surface area (Å²) in [6.45, 7) is 4.46. The van der Waals surface area contributed by atoms with Crippen LogP contribution >= 0.6 is 0 Å². The minimum Gasteiger partial charge on any atom is -0.364 e. The SMILES string of the molecule is CC(C)(c1ccccc1)c1ccc[nH]1. The lowest BCUT2D eigenvalue weighted by Gasteiger charge is -2.24. The van der Waals surface area contributed by atoms with Crippen molar-refractivity contribution in [3.63, 3.8) is 0 Å². The molecule has 0 saturated heterocycles. The normalized spacial score (nSPS) is 11.6. The predicted octanol–water partition coefficient (Wildman–Crippen LogP) is 3.34. The van der Waals surface area contributed by atoms with Crippen LogP contribution in [0.25, 0.3) is 0 Å². The van der Waals surface area contributed by atoms with E-state index in [0.717, 1.165) is 0 Å². The first kappa shape index (κ1) is 9.07. The second kappa shape index (κ2) is 3.33. The van der Waals surface area contributed by atoms with Gasteiger partial charge in [0.1, 0.15) is 0 Å². The van der Waals surface area contributed by atoms with Gasteiger partial charge in [0.2, 0.25) is 0 Å². The molecule has 0 aliphatic heterocycles. The lowest BCUT2D eigenvalue weighted by Crippen LogP contribution is -2.18. The molecule has 0 saturated carbocycles. The van der Waals surface area contributed by atoms with Gasteiger partial charge in [-0.25, -0.2) is 0 Å². The summed E-state index contributed by atoms with van der Waals surface area (Å²) in [5.41, 5.74) is 2.65. The molecule has 2 aromatic rings. The van der Waals surface area contributed by atoms with Crippen molar-refractivity contribution in [3.8, 4) is 0 Å². The fourth-order valence-electron chi connectivity index (χ4n) is 1.73. The Balaban J connectivity index is 2.43. The molecule has 0 amide bonds. The van der Waals surface area contributed by atoms with Gasteiger partial charge >= 0.3 is 0 Å². The molecule has 0 atom stereocenters. The van der Waals surface area contributed by atoms with E-state index >= 15 is 0 Å². The van der Waals surface area contributed by atoms with Crippen molar-refractivity contribution in [1.29, 1.82) is 0 Å². The number of nitrogens with one attached hydrogen (secondary N) is 1. The molecule has 1 aromatic heterocycles. The molecule has 1 heterocycles. The Kier molecular flexibility index (Phi) is 2.16. The van der Waals surface area contributed by atoms with Gasteiger partial charge in [0.25, 0.3) is 0 Å². The third-order valence-corrected chi connectivity index (χ3v) is 2.77. The monoisotopic (exact) mass is 185 g/mol. The Morgan fingerprint density at radius 3 is 2.21 bits per heavy atom. The highest BCUT2D eigenvalue weighted by Crippen LogP contribution is 2.29. The van der Waals surface area contributed by atoms with Gasteiger partial charge < -0.3 is 4.98 Å². The van der Waals surface area contributed by atoms with Gasteiger partial charge in [0.05, 0.1) is 0 Å². The standard InChI is InChI=1S/C13H15N/c1-13(2,12-9-6-10-14-12)11-7-4-3-5-8-11/h3-10,14H,1-2H3. The van der Waals surface area contributed by atoms with Gasteiger partial charge in [-0.3, -0.25) is 0 Å². The van der Waals surface area contributed by atoms with Crippen LogP contribution in [-0.4, -0.2) is 4.98 Å². The summed E-state index contributed by atoms with van der Waals surface area (Å²) in [6, 6.07) is 14.7. The summed E-state index contributed by atoms with van der Waals surface area (Å²) in [5.74, 6) is 0. The largest absolute Gasteiger partial charge is 0.364 e. The van der Waals surface area contributed by atoms with Gasteiger partial charge in [0.15, 0.2) is 0 Å². The smallest absolute Gasteiger partial charge is 0.0297 e. The number of benzene rings is 1. The molecule has 14 heavy (non-hydrogen) atoms. The number of hydrogen-bond acceptors (Lipinski definition) is 0. The number of aromatic amines is 1. The second-order valence-electron chi connectivity index (χ2n) is 4.07. The maximum absolute atomic E-state index is 3.28. The van der Waals surface area contributed by atoms with Crippen LogP contribution in [0.1, 0.15) is 25.1 Å². The van der Waals surface area contributed by atoms with Crippen LogP contribution in [0.5, 0.6) is 0 Å². The van der Waals surface area contributed by atoms with Crippen LogP contribution in [0.2, 0.25) is 0 Å². The van der Waals surface area contributed by atoms with Crippen molar-refractivity contribution in [2.24, 2.45) is 0 Å². The summed E-state index contributed by atoms with van der Waals surface area (Å²) in [7, 11) is 0. The molecule has 1 aromatic carbocycles. The van der Waals surface area contributed by atoms with Crippen LogP contribution in [-0.2, 0) is 5.41 Å². The quantitative estimate of drug-likeness (QED) is 0.738. The van der Waals surface area contributed by atoms with Crippen molar-refractivity contribution < 1.29 is 0 Å². The fraction of sp³-hybridized carbons (Fsp3) is 0.231. The van der Waals surface area contributed by atoms with E-state index in [2.05, 4.69) is 49.2 Å². The molecule has 1 N–H and O–H groups in total. The first-order chi connectivity index (χ1) is 6.71. The van der Waals surface area contributed by atoms with Crippen molar-refractivity contribution in [2.45, 2.75) is 19.3 Å². The first-order valence-electron chi connectivity index (χ1n) is 4.90. The number of H-pyrrole nitrogens is 1. The molecule has 0 radical (unpaired) electrons. The molecular weight excluding hydrogens is 170 g/mol. The molecule has 0 bridgehead atoms. The number of aromatic nitrogens is 1. The van der Waals surface area contributed by atoms with Crippen LogP contribution in [0.15, 0.2) is 48.7 Å². The third-order valence-electron chi connectivity index (χ3n) is 2.77. The molecule has 72 valence electrons. The van der Waals surface area contributed by atoms with Gasteiger partial charge in [-0.2, -0.15) is 0 Å². The minimum atomic E-state index is 0.0603. The highest BCUT2D eigenvalue weighted by atomic mass is 14.7. The predicted molar refractivity (Wildman–Crippen MR) is 59.4 cm³/mol. The van der Waals surface area contributed by atoms with E-state index in [4.69, 9.17) is 0 Å². The molecule has 0 unspecified atom stereocenters. The number of hydrogen-bond donors (Lipinski definition) is 1. The summed E-state index contributed by atoms with van der Waals surface area (Å²) < 4.78 is 0. The highest BCUT2D eigenvalue weighted by Gasteiger charge is 2.23. The minimum absolute atomic E-state index is 0.0603. The molecule has 1 nitrogen and oxygen atoms in total. The van der Waals surface area contributed by atoms with Crippen molar-refractivity contribution in [3.05, 3.63) is 59.9 Å². The third kappa shape index (κ3) is 1.46. The molecular formula is C13H15N. The van der Waals surface area contributed by atoms with E-state index < -0.39 is 0 Å². The average molecular weight is 185 g/mol. The lowest BCUT2D eigenvalue weighted by atomic mass is 9.82. The average Bonchev–Trinajstić information content (AvgIpc) is 2.72. The maximum Gasteiger partial charge on any atom is 0.0297 e. The van der Waals surface area contributed by atoms with Gasteiger partial charge in [-0.1, -0.05) is 44.2 Å². The zero-order valence-corrected chi connectivity index (χ0v) is 8.62. The Bertz CT molecular complexity index is 384. The van der Waals surface area contributed by atoms with E-state index in [0.29, 0.717) is 0 Å². The summed E-state index contributed by atoms with van der Waals surface area (Å²) in [6.07, 6.45) is 1.97. The maximum atomic E-state index is 3.28. The van der Waals surface area contributed by atoms with E-state index in [1.165, 1.54) is 11.3 Å². The number of rotatable bonds is 2. The Hall–Kier alpha value is -1.50. The van der Waals surface area contributed by atoms with E-state index in [1.807, 2.05) is 18.3 Å². The molecule has 0 aliphatic carbocycles. The highest BCUT2D eigenvalue weighted by molar-refractivity contribution is 5.33.